The maximum Gasteiger partial charge on any atom is 0.283 e. The summed E-state index contributed by atoms with van der Waals surface area (Å²) in [7, 11) is 0. The number of amides is 1. The lowest BCUT2D eigenvalue weighted by molar-refractivity contribution is 0.0959. The number of nitrogens with zero attached hydrogens (tertiary/aromatic N) is 3. The van der Waals surface area contributed by atoms with Crippen molar-refractivity contribution >= 4 is 45.1 Å². The lowest BCUT2D eigenvalue weighted by Crippen LogP contribution is -2.16. The Bertz CT molecular complexity index is 1610. The van der Waals surface area contributed by atoms with E-state index in [1.54, 1.807) is 10.9 Å². The zero-order chi connectivity index (χ0) is 24.5. The molecule has 0 unspecified atom stereocenters. The molecule has 1 N–H and O–H groups in total. The van der Waals surface area contributed by atoms with Gasteiger partial charge in [-0.2, -0.15) is 10.2 Å². The van der Waals surface area contributed by atoms with Gasteiger partial charge in [0.05, 0.1) is 16.9 Å². The van der Waals surface area contributed by atoms with Crippen LogP contribution in [0, 0.1) is 0 Å². The molecule has 0 saturated carbocycles. The molecule has 0 bridgehead atoms. The summed E-state index contributed by atoms with van der Waals surface area (Å²) >= 11 is 7.78. The average molecular weight is 515 g/mol. The third kappa shape index (κ3) is 4.21. The van der Waals surface area contributed by atoms with Crippen molar-refractivity contribution in [2.75, 3.05) is 13.2 Å². The normalized spacial score (nSPS) is 12.8. The van der Waals surface area contributed by atoms with E-state index in [1.165, 1.54) is 11.3 Å². The molecular weight excluding hydrogens is 496 g/mol. The highest BCUT2D eigenvalue weighted by molar-refractivity contribution is 7.21. The highest BCUT2D eigenvalue weighted by Gasteiger charge is 2.18. The summed E-state index contributed by atoms with van der Waals surface area (Å²) < 4.78 is 14.1. The highest BCUT2D eigenvalue weighted by Crippen LogP contribution is 2.36. The van der Waals surface area contributed by atoms with E-state index in [1.807, 2.05) is 79.0 Å². The molecule has 9 heteroatoms. The monoisotopic (exact) mass is 514 g/mol. The number of para-hydroxylation sites is 1. The molecule has 7 nitrogen and oxygen atoms in total. The molecule has 1 aliphatic rings. The first-order valence-corrected chi connectivity index (χ1v) is 12.4. The van der Waals surface area contributed by atoms with E-state index in [9.17, 15) is 4.79 Å². The van der Waals surface area contributed by atoms with Gasteiger partial charge in [-0.15, -0.1) is 11.3 Å². The molecular formula is C27H19ClN4O3S. The Morgan fingerprint density at radius 1 is 1.03 bits per heavy atom. The second kappa shape index (κ2) is 9.49. The fourth-order valence-electron chi connectivity index (χ4n) is 3.98. The fourth-order valence-corrected chi connectivity index (χ4v) is 5.39. The number of aromatic nitrogens is 2. The highest BCUT2D eigenvalue weighted by atomic mass is 35.5. The van der Waals surface area contributed by atoms with Crippen molar-refractivity contribution in [3.05, 3.63) is 94.5 Å². The molecule has 178 valence electrons. The standard InChI is InChI=1S/C27H19ClN4O3S/c28-24-20-8-4-5-9-23(20)36-26(24)27(33)30-29-15-18-16-32(19-6-2-1-3-7-19)31-25(18)17-10-11-21-22(14-17)35-13-12-34-21/h1-11,14-16H,12-13H2,(H,30,33)/b29-15-. The van der Waals surface area contributed by atoms with E-state index in [-0.39, 0.29) is 5.91 Å². The van der Waals surface area contributed by atoms with Crippen LogP contribution in [0.1, 0.15) is 15.2 Å². The summed E-state index contributed by atoms with van der Waals surface area (Å²) in [6.45, 7) is 1.02. The van der Waals surface area contributed by atoms with E-state index >= 15 is 0 Å². The van der Waals surface area contributed by atoms with E-state index < -0.39 is 0 Å². The van der Waals surface area contributed by atoms with Gasteiger partial charge in [-0.1, -0.05) is 48.0 Å². The van der Waals surface area contributed by atoms with E-state index in [4.69, 9.17) is 26.2 Å². The van der Waals surface area contributed by atoms with Crippen molar-refractivity contribution in [2.45, 2.75) is 0 Å². The third-order valence-corrected chi connectivity index (χ3v) is 7.36. The number of carbonyl (C=O) groups is 1. The summed E-state index contributed by atoms with van der Waals surface area (Å²) in [4.78, 5) is 13.2. The quantitative estimate of drug-likeness (QED) is 0.232. The van der Waals surface area contributed by atoms with Crippen molar-refractivity contribution in [1.82, 2.24) is 15.2 Å². The van der Waals surface area contributed by atoms with Crippen molar-refractivity contribution in [3.63, 3.8) is 0 Å². The Kier molecular flexibility index (Phi) is 5.88. The number of hydrogen-bond acceptors (Lipinski definition) is 6. The van der Waals surface area contributed by atoms with Gasteiger partial charge in [-0.3, -0.25) is 4.79 Å². The average Bonchev–Trinajstić information content (AvgIpc) is 3.50. The number of rotatable bonds is 5. The van der Waals surface area contributed by atoms with Crippen LogP contribution in [0.5, 0.6) is 11.5 Å². The minimum absolute atomic E-state index is 0.367. The summed E-state index contributed by atoms with van der Waals surface area (Å²) in [5.41, 5.74) is 5.75. The molecule has 0 spiro atoms. The summed E-state index contributed by atoms with van der Waals surface area (Å²) in [6, 6.07) is 23.1. The molecule has 2 aromatic heterocycles. The Balaban J connectivity index is 1.32. The molecule has 0 saturated heterocycles. The number of hydrogen-bond donors (Lipinski definition) is 1. The van der Waals surface area contributed by atoms with E-state index in [0.29, 0.717) is 40.3 Å². The number of benzene rings is 3. The minimum atomic E-state index is -0.367. The minimum Gasteiger partial charge on any atom is -0.486 e. The lowest BCUT2D eigenvalue weighted by atomic mass is 10.1. The van der Waals surface area contributed by atoms with Crippen LogP contribution in [0.2, 0.25) is 5.02 Å². The predicted octanol–water partition coefficient (Wildman–Crippen LogP) is 5.94. The van der Waals surface area contributed by atoms with Crippen molar-refractivity contribution in [3.8, 4) is 28.4 Å². The van der Waals surface area contributed by atoms with Crippen LogP contribution in [0.15, 0.2) is 84.1 Å². The van der Waals surface area contributed by atoms with Crippen LogP contribution in [0.3, 0.4) is 0 Å². The van der Waals surface area contributed by atoms with Gasteiger partial charge in [-0.25, -0.2) is 10.1 Å². The van der Waals surface area contributed by atoms with Crippen LogP contribution < -0.4 is 14.9 Å². The molecule has 5 aromatic rings. The molecule has 0 fully saturated rings. The Morgan fingerprint density at radius 3 is 2.64 bits per heavy atom. The smallest absolute Gasteiger partial charge is 0.283 e. The van der Waals surface area contributed by atoms with Crippen LogP contribution in [0.25, 0.3) is 27.0 Å². The van der Waals surface area contributed by atoms with Gasteiger partial charge in [0, 0.05) is 27.4 Å². The molecule has 0 radical (unpaired) electrons. The summed E-state index contributed by atoms with van der Waals surface area (Å²) in [5.74, 6) is 1.01. The zero-order valence-corrected chi connectivity index (χ0v) is 20.4. The fraction of sp³-hybridized carbons (Fsp3) is 0.0741. The van der Waals surface area contributed by atoms with Gasteiger partial charge in [0.25, 0.3) is 5.91 Å². The largest absolute Gasteiger partial charge is 0.486 e. The summed E-state index contributed by atoms with van der Waals surface area (Å²) in [6.07, 6.45) is 3.45. The zero-order valence-electron chi connectivity index (χ0n) is 18.8. The van der Waals surface area contributed by atoms with Gasteiger partial charge >= 0.3 is 0 Å². The molecule has 36 heavy (non-hydrogen) atoms. The Labute approximate surface area is 215 Å². The molecule has 3 aromatic carbocycles. The van der Waals surface area contributed by atoms with Crippen LogP contribution in [-0.2, 0) is 0 Å². The van der Waals surface area contributed by atoms with Crippen molar-refractivity contribution < 1.29 is 14.3 Å². The number of nitrogens with one attached hydrogen (secondary N) is 1. The molecule has 3 heterocycles. The van der Waals surface area contributed by atoms with Crippen LogP contribution in [-0.4, -0.2) is 35.1 Å². The second-order valence-corrected chi connectivity index (χ2v) is 9.44. The van der Waals surface area contributed by atoms with E-state index in [0.717, 1.165) is 26.9 Å². The third-order valence-electron chi connectivity index (χ3n) is 5.69. The Hall–Kier alpha value is -4.14. The second-order valence-electron chi connectivity index (χ2n) is 8.01. The number of hydrazone groups is 1. The molecule has 0 aliphatic carbocycles. The first kappa shape index (κ1) is 22.3. The van der Waals surface area contributed by atoms with Gasteiger partial charge in [-0.05, 0) is 36.4 Å². The molecule has 6 rings (SSSR count). The summed E-state index contributed by atoms with van der Waals surface area (Å²) in [5, 5.41) is 10.3. The van der Waals surface area contributed by atoms with Crippen molar-refractivity contribution in [1.29, 1.82) is 0 Å². The number of fused-ring (bicyclic) bond motifs is 2. The number of carbonyl (C=O) groups excluding carboxylic acids is 1. The van der Waals surface area contributed by atoms with Crippen LogP contribution >= 0.6 is 22.9 Å². The molecule has 0 atom stereocenters. The molecule has 1 amide bonds. The van der Waals surface area contributed by atoms with Gasteiger partial charge in [0.2, 0.25) is 0 Å². The Morgan fingerprint density at radius 2 is 1.81 bits per heavy atom. The van der Waals surface area contributed by atoms with Gasteiger partial charge in [0.15, 0.2) is 11.5 Å². The predicted molar refractivity (Wildman–Crippen MR) is 142 cm³/mol. The molecule has 1 aliphatic heterocycles. The SMILES string of the molecule is O=C(N/N=C\c1cn(-c2ccccc2)nc1-c1ccc2c(c1)OCCO2)c1sc2ccccc2c1Cl. The van der Waals surface area contributed by atoms with Gasteiger partial charge in [0.1, 0.15) is 23.8 Å². The first-order chi connectivity index (χ1) is 17.7. The number of halogens is 1. The van der Waals surface area contributed by atoms with Crippen LogP contribution in [0.4, 0.5) is 0 Å². The first-order valence-electron chi connectivity index (χ1n) is 11.2. The number of ether oxygens (including phenoxy) is 2. The van der Waals surface area contributed by atoms with E-state index in [2.05, 4.69) is 10.5 Å². The maximum absolute atomic E-state index is 12.8. The lowest BCUT2D eigenvalue weighted by Gasteiger charge is -2.18. The van der Waals surface area contributed by atoms with Gasteiger partial charge < -0.3 is 9.47 Å². The maximum atomic E-state index is 12.8. The number of thiophene rings is 1. The topological polar surface area (TPSA) is 77.7 Å². The van der Waals surface area contributed by atoms with Crippen molar-refractivity contribution in [2.24, 2.45) is 5.10 Å².